The van der Waals surface area contributed by atoms with Gasteiger partial charge in [0.1, 0.15) is 0 Å². The van der Waals surface area contributed by atoms with Gasteiger partial charge >= 0.3 is 0 Å². The fraction of sp³-hybridized carbons (Fsp3) is 0.200. The van der Waals surface area contributed by atoms with Crippen molar-refractivity contribution < 1.29 is 0 Å². The van der Waals surface area contributed by atoms with Crippen LogP contribution in [0.2, 0.25) is 15.1 Å². The van der Waals surface area contributed by atoms with E-state index < -0.39 is 0 Å². The average molecular weight is 315 g/mol. The van der Waals surface area contributed by atoms with E-state index in [1.165, 1.54) is 5.56 Å². The lowest BCUT2D eigenvalue weighted by molar-refractivity contribution is 0.575. The predicted octanol–water partition coefficient (Wildman–Crippen LogP) is 5.50. The molecule has 0 bridgehead atoms. The summed E-state index contributed by atoms with van der Waals surface area (Å²) in [5.74, 6) is 0. The summed E-state index contributed by atoms with van der Waals surface area (Å²) in [6.45, 7) is 2.82. The second kappa shape index (κ2) is 6.62. The van der Waals surface area contributed by atoms with Crippen LogP contribution in [0.15, 0.2) is 42.5 Å². The van der Waals surface area contributed by atoms with Crippen LogP contribution in [-0.2, 0) is 6.54 Å². The van der Waals surface area contributed by atoms with Crippen LogP contribution in [0, 0.1) is 0 Å². The summed E-state index contributed by atoms with van der Waals surface area (Å²) in [6, 6.07) is 13.6. The van der Waals surface area contributed by atoms with Crippen LogP contribution >= 0.6 is 34.8 Å². The minimum absolute atomic E-state index is 0.232. The molecule has 0 aromatic heterocycles. The summed E-state index contributed by atoms with van der Waals surface area (Å²) in [5, 5.41) is 5.49. The zero-order chi connectivity index (χ0) is 13.8. The number of hydrogen-bond acceptors (Lipinski definition) is 1. The highest BCUT2D eigenvalue weighted by Gasteiger charge is 2.05. The molecule has 2 aromatic rings. The zero-order valence-electron chi connectivity index (χ0n) is 10.5. The number of rotatable bonds is 4. The van der Waals surface area contributed by atoms with Gasteiger partial charge in [0.25, 0.3) is 0 Å². The maximum absolute atomic E-state index is 5.97. The second-order valence-electron chi connectivity index (χ2n) is 4.43. The van der Waals surface area contributed by atoms with E-state index in [0.717, 1.165) is 10.6 Å². The third-order valence-corrected chi connectivity index (χ3v) is 3.59. The number of benzene rings is 2. The van der Waals surface area contributed by atoms with Gasteiger partial charge in [0.05, 0.1) is 0 Å². The highest BCUT2D eigenvalue weighted by molar-refractivity contribution is 6.34. The van der Waals surface area contributed by atoms with E-state index in [4.69, 9.17) is 34.8 Å². The summed E-state index contributed by atoms with van der Waals surface area (Å²) >= 11 is 17.8. The smallest absolute Gasteiger partial charge is 0.0424 e. The van der Waals surface area contributed by atoms with Crippen LogP contribution in [0.1, 0.15) is 24.1 Å². The molecule has 1 unspecified atom stereocenters. The van der Waals surface area contributed by atoms with Crippen molar-refractivity contribution in [1.82, 2.24) is 5.32 Å². The maximum atomic E-state index is 5.97. The molecule has 0 aliphatic rings. The predicted molar refractivity (Wildman–Crippen MR) is 83.2 cm³/mol. The molecule has 0 radical (unpaired) electrons. The lowest BCUT2D eigenvalue weighted by Gasteiger charge is -2.14. The Hall–Kier alpha value is -0.730. The first-order chi connectivity index (χ1) is 9.04. The summed E-state index contributed by atoms with van der Waals surface area (Å²) in [5.41, 5.74) is 2.26. The van der Waals surface area contributed by atoms with Crippen molar-refractivity contribution in [3.8, 4) is 0 Å². The van der Waals surface area contributed by atoms with Gasteiger partial charge in [-0.05, 0) is 48.4 Å². The lowest BCUT2D eigenvalue weighted by Crippen LogP contribution is -2.18. The number of nitrogens with one attached hydrogen (secondary N) is 1. The SMILES string of the molecule is CC(NCc1cc(Cl)cc(Cl)c1)c1ccc(Cl)cc1. The van der Waals surface area contributed by atoms with E-state index in [-0.39, 0.29) is 6.04 Å². The van der Waals surface area contributed by atoms with Gasteiger partial charge in [-0.3, -0.25) is 0 Å². The standard InChI is InChI=1S/C15H14Cl3N/c1-10(12-2-4-13(16)5-3-12)19-9-11-6-14(17)8-15(18)7-11/h2-8,10,19H,9H2,1H3. The molecule has 1 nitrogen and oxygen atoms in total. The van der Waals surface area contributed by atoms with E-state index in [0.29, 0.717) is 16.6 Å². The van der Waals surface area contributed by atoms with Crippen molar-refractivity contribution in [2.24, 2.45) is 0 Å². The monoisotopic (exact) mass is 313 g/mol. The van der Waals surface area contributed by atoms with E-state index in [2.05, 4.69) is 12.2 Å². The Labute approximate surface area is 128 Å². The Kier molecular flexibility index (Phi) is 5.12. The molecule has 0 aliphatic carbocycles. The van der Waals surface area contributed by atoms with Crippen LogP contribution in [-0.4, -0.2) is 0 Å². The minimum Gasteiger partial charge on any atom is -0.306 e. The minimum atomic E-state index is 0.232. The molecule has 19 heavy (non-hydrogen) atoms. The highest BCUT2D eigenvalue weighted by atomic mass is 35.5. The largest absolute Gasteiger partial charge is 0.306 e. The molecule has 4 heteroatoms. The molecule has 0 heterocycles. The quantitative estimate of drug-likeness (QED) is 0.786. The first kappa shape index (κ1) is 14.7. The molecular formula is C15H14Cl3N. The molecule has 0 amide bonds. The fourth-order valence-electron chi connectivity index (χ4n) is 1.85. The van der Waals surface area contributed by atoms with Crippen LogP contribution < -0.4 is 5.32 Å². The van der Waals surface area contributed by atoms with Crippen molar-refractivity contribution in [2.45, 2.75) is 19.5 Å². The van der Waals surface area contributed by atoms with E-state index in [1.54, 1.807) is 6.07 Å². The van der Waals surface area contributed by atoms with Gasteiger partial charge < -0.3 is 5.32 Å². The van der Waals surface area contributed by atoms with E-state index in [9.17, 15) is 0 Å². The molecule has 0 saturated carbocycles. The van der Waals surface area contributed by atoms with E-state index in [1.807, 2.05) is 36.4 Å². The van der Waals surface area contributed by atoms with Crippen molar-refractivity contribution in [2.75, 3.05) is 0 Å². The molecule has 100 valence electrons. The Bertz CT molecular complexity index is 532. The molecule has 2 rings (SSSR count). The van der Waals surface area contributed by atoms with Crippen molar-refractivity contribution >= 4 is 34.8 Å². The van der Waals surface area contributed by atoms with E-state index >= 15 is 0 Å². The van der Waals surface area contributed by atoms with Crippen molar-refractivity contribution in [3.63, 3.8) is 0 Å². The van der Waals surface area contributed by atoms with Gasteiger partial charge in [0, 0.05) is 27.7 Å². The Morgan fingerprint density at radius 3 is 2.05 bits per heavy atom. The van der Waals surface area contributed by atoms with Crippen molar-refractivity contribution in [3.05, 3.63) is 68.7 Å². The second-order valence-corrected chi connectivity index (χ2v) is 5.74. The molecule has 0 spiro atoms. The summed E-state index contributed by atoms with van der Waals surface area (Å²) in [6.07, 6.45) is 0. The topological polar surface area (TPSA) is 12.0 Å². The molecule has 0 aliphatic heterocycles. The van der Waals surface area contributed by atoms with Gasteiger partial charge in [-0.2, -0.15) is 0 Å². The summed E-state index contributed by atoms with van der Waals surface area (Å²) < 4.78 is 0. The van der Waals surface area contributed by atoms with Crippen LogP contribution in [0.25, 0.3) is 0 Å². The van der Waals surface area contributed by atoms with Gasteiger partial charge in [-0.1, -0.05) is 46.9 Å². The fourth-order valence-corrected chi connectivity index (χ4v) is 2.55. The third kappa shape index (κ3) is 4.39. The van der Waals surface area contributed by atoms with Gasteiger partial charge in [0.2, 0.25) is 0 Å². The average Bonchev–Trinajstić information content (AvgIpc) is 2.36. The molecule has 0 saturated heterocycles. The normalized spacial score (nSPS) is 12.4. The molecule has 1 atom stereocenters. The molecule has 0 fully saturated rings. The Balaban J connectivity index is 1.99. The first-order valence-electron chi connectivity index (χ1n) is 5.98. The van der Waals surface area contributed by atoms with Gasteiger partial charge in [-0.15, -0.1) is 0 Å². The van der Waals surface area contributed by atoms with Crippen molar-refractivity contribution in [1.29, 1.82) is 0 Å². The first-order valence-corrected chi connectivity index (χ1v) is 7.12. The summed E-state index contributed by atoms with van der Waals surface area (Å²) in [7, 11) is 0. The van der Waals surface area contributed by atoms with Gasteiger partial charge in [-0.25, -0.2) is 0 Å². The number of hydrogen-bond donors (Lipinski definition) is 1. The highest BCUT2D eigenvalue weighted by Crippen LogP contribution is 2.20. The molecular weight excluding hydrogens is 301 g/mol. The molecule has 2 aromatic carbocycles. The number of halogens is 3. The lowest BCUT2D eigenvalue weighted by atomic mass is 10.1. The Morgan fingerprint density at radius 2 is 1.47 bits per heavy atom. The third-order valence-electron chi connectivity index (χ3n) is 2.90. The zero-order valence-corrected chi connectivity index (χ0v) is 12.7. The van der Waals surface area contributed by atoms with Gasteiger partial charge in [0.15, 0.2) is 0 Å². The van der Waals surface area contributed by atoms with Crippen LogP contribution in [0.4, 0.5) is 0 Å². The maximum Gasteiger partial charge on any atom is 0.0424 e. The van der Waals surface area contributed by atoms with Crippen LogP contribution in [0.5, 0.6) is 0 Å². The summed E-state index contributed by atoms with van der Waals surface area (Å²) in [4.78, 5) is 0. The van der Waals surface area contributed by atoms with Crippen LogP contribution in [0.3, 0.4) is 0 Å². The Morgan fingerprint density at radius 1 is 0.895 bits per heavy atom. The molecule has 1 N–H and O–H groups in total.